The molecular formula is C22H22N2O2. The van der Waals surface area contributed by atoms with Crippen LogP contribution in [-0.2, 0) is 6.42 Å². The Morgan fingerprint density at radius 2 is 1.88 bits per heavy atom. The number of nitro groups is 1. The summed E-state index contributed by atoms with van der Waals surface area (Å²) in [6.45, 7) is 0. The van der Waals surface area contributed by atoms with Gasteiger partial charge in [-0.25, -0.2) is 0 Å². The van der Waals surface area contributed by atoms with Crippen molar-refractivity contribution in [1.82, 2.24) is 4.98 Å². The van der Waals surface area contributed by atoms with Crippen molar-refractivity contribution in [1.29, 1.82) is 0 Å². The highest BCUT2D eigenvalue weighted by Crippen LogP contribution is 2.33. The third-order valence-electron chi connectivity index (χ3n) is 5.38. The van der Waals surface area contributed by atoms with E-state index in [2.05, 4.69) is 23.2 Å². The van der Waals surface area contributed by atoms with Crippen molar-refractivity contribution < 1.29 is 4.92 Å². The molecule has 4 nitrogen and oxygen atoms in total. The average molecular weight is 346 g/mol. The number of non-ortho nitro benzene ring substituents is 1. The van der Waals surface area contributed by atoms with E-state index in [1.165, 1.54) is 43.7 Å². The maximum atomic E-state index is 11.2. The van der Waals surface area contributed by atoms with E-state index >= 15 is 0 Å². The fourth-order valence-corrected chi connectivity index (χ4v) is 4.10. The molecule has 0 N–H and O–H groups in total. The molecular weight excluding hydrogens is 324 g/mol. The van der Waals surface area contributed by atoms with Gasteiger partial charge in [-0.3, -0.25) is 15.1 Å². The molecule has 0 atom stereocenters. The van der Waals surface area contributed by atoms with Crippen LogP contribution >= 0.6 is 0 Å². The molecule has 0 bridgehead atoms. The summed E-state index contributed by atoms with van der Waals surface area (Å²) in [5, 5.41) is 12.3. The fraction of sp³-hybridized carbons (Fsp3) is 0.318. The van der Waals surface area contributed by atoms with Gasteiger partial charge in [-0.05, 0) is 41.7 Å². The molecule has 1 aromatic heterocycles. The SMILES string of the molecule is O=[N+]([O-])c1cccc(-c2cc(CC3CCCCC3)cc3cccnc23)c1. The molecule has 2 aromatic carbocycles. The van der Waals surface area contributed by atoms with Crippen molar-refractivity contribution in [2.24, 2.45) is 5.92 Å². The van der Waals surface area contributed by atoms with E-state index in [0.717, 1.165) is 34.4 Å². The lowest BCUT2D eigenvalue weighted by molar-refractivity contribution is -0.384. The highest BCUT2D eigenvalue weighted by atomic mass is 16.6. The Kier molecular flexibility index (Phi) is 4.65. The Bertz CT molecular complexity index is 946. The number of rotatable bonds is 4. The van der Waals surface area contributed by atoms with Crippen molar-refractivity contribution >= 4 is 16.6 Å². The Balaban J connectivity index is 1.79. The number of hydrogen-bond acceptors (Lipinski definition) is 3. The van der Waals surface area contributed by atoms with E-state index in [4.69, 9.17) is 0 Å². The van der Waals surface area contributed by atoms with Crippen LogP contribution in [0.4, 0.5) is 5.69 Å². The van der Waals surface area contributed by atoms with Gasteiger partial charge in [0, 0.05) is 29.3 Å². The quantitative estimate of drug-likeness (QED) is 0.434. The number of hydrogen-bond donors (Lipinski definition) is 0. The number of nitro benzene ring substituents is 1. The van der Waals surface area contributed by atoms with Crippen LogP contribution in [0.15, 0.2) is 54.7 Å². The number of nitrogens with zero attached hydrogens (tertiary/aromatic N) is 2. The molecule has 1 fully saturated rings. The molecule has 4 rings (SSSR count). The molecule has 1 aliphatic rings. The third-order valence-corrected chi connectivity index (χ3v) is 5.38. The minimum Gasteiger partial charge on any atom is -0.258 e. The highest BCUT2D eigenvalue weighted by molar-refractivity contribution is 5.94. The predicted molar refractivity (Wildman–Crippen MR) is 104 cm³/mol. The van der Waals surface area contributed by atoms with Gasteiger partial charge in [-0.15, -0.1) is 0 Å². The second-order valence-corrected chi connectivity index (χ2v) is 7.23. The zero-order valence-electron chi connectivity index (χ0n) is 14.7. The van der Waals surface area contributed by atoms with Crippen LogP contribution in [0.1, 0.15) is 37.7 Å². The summed E-state index contributed by atoms with van der Waals surface area (Å²) < 4.78 is 0. The average Bonchev–Trinajstić information content (AvgIpc) is 2.68. The molecule has 0 saturated heterocycles. The molecule has 0 aliphatic heterocycles. The van der Waals surface area contributed by atoms with Gasteiger partial charge in [-0.1, -0.05) is 50.3 Å². The molecule has 0 amide bonds. The standard InChI is InChI=1S/C22H22N2O2/c25-24(26)20-10-4-8-18(15-20)21-14-17(12-16-6-2-1-3-7-16)13-19-9-5-11-23-22(19)21/h4-5,8-11,13-16H,1-3,6-7,12H2. The lowest BCUT2D eigenvalue weighted by atomic mass is 9.84. The molecule has 26 heavy (non-hydrogen) atoms. The van der Waals surface area contributed by atoms with Crippen molar-refractivity contribution in [3.63, 3.8) is 0 Å². The summed E-state index contributed by atoms with van der Waals surface area (Å²) in [6.07, 6.45) is 9.48. The lowest BCUT2D eigenvalue weighted by Crippen LogP contribution is -2.09. The summed E-state index contributed by atoms with van der Waals surface area (Å²) in [4.78, 5) is 15.4. The second kappa shape index (κ2) is 7.24. The molecule has 3 aromatic rings. The summed E-state index contributed by atoms with van der Waals surface area (Å²) >= 11 is 0. The first kappa shape index (κ1) is 16.7. The number of benzene rings is 2. The van der Waals surface area contributed by atoms with Gasteiger partial charge in [0.2, 0.25) is 0 Å². The topological polar surface area (TPSA) is 56.0 Å². The smallest absolute Gasteiger partial charge is 0.258 e. The summed E-state index contributed by atoms with van der Waals surface area (Å²) in [5.41, 5.74) is 4.16. The van der Waals surface area contributed by atoms with Gasteiger partial charge in [-0.2, -0.15) is 0 Å². The summed E-state index contributed by atoms with van der Waals surface area (Å²) in [7, 11) is 0. The Labute approximate surface area is 153 Å². The van der Waals surface area contributed by atoms with Gasteiger partial charge in [0.25, 0.3) is 5.69 Å². The molecule has 4 heteroatoms. The van der Waals surface area contributed by atoms with Gasteiger partial charge in [0.05, 0.1) is 10.4 Å². The van der Waals surface area contributed by atoms with Crippen LogP contribution in [0, 0.1) is 16.0 Å². The molecule has 0 unspecified atom stereocenters. The van der Waals surface area contributed by atoms with E-state index in [9.17, 15) is 10.1 Å². The third kappa shape index (κ3) is 3.45. The van der Waals surface area contributed by atoms with E-state index in [1.807, 2.05) is 12.1 Å². The number of fused-ring (bicyclic) bond motifs is 1. The fourth-order valence-electron chi connectivity index (χ4n) is 4.10. The molecule has 1 heterocycles. The molecule has 1 aliphatic carbocycles. The van der Waals surface area contributed by atoms with Crippen molar-refractivity contribution in [2.45, 2.75) is 38.5 Å². The largest absolute Gasteiger partial charge is 0.270 e. The first-order valence-corrected chi connectivity index (χ1v) is 9.33. The molecule has 132 valence electrons. The second-order valence-electron chi connectivity index (χ2n) is 7.23. The lowest BCUT2D eigenvalue weighted by Gasteiger charge is -2.22. The summed E-state index contributed by atoms with van der Waals surface area (Å²) in [5.74, 6) is 0.746. The monoisotopic (exact) mass is 346 g/mol. The van der Waals surface area contributed by atoms with Crippen LogP contribution in [0.25, 0.3) is 22.0 Å². The molecule has 0 spiro atoms. The minimum absolute atomic E-state index is 0.115. The van der Waals surface area contributed by atoms with Gasteiger partial charge in [0.15, 0.2) is 0 Å². The number of pyridine rings is 1. The van der Waals surface area contributed by atoms with Crippen LogP contribution in [0.5, 0.6) is 0 Å². The van der Waals surface area contributed by atoms with Crippen LogP contribution in [0.2, 0.25) is 0 Å². The first-order chi connectivity index (χ1) is 12.7. The van der Waals surface area contributed by atoms with Crippen molar-refractivity contribution in [2.75, 3.05) is 0 Å². The zero-order chi connectivity index (χ0) is 17.9. The van der Waals surface area contributed by atoms with E-state index in [-0.39, 0.29) is 10.6 Å². The molecule has 0 radical (unpaired) electrons. The van der Waals surface area contributed by atoms with Gasteiger partial charge in [0.1, 0.15) is 0 Å². The zero-order valence-corrected chi connectivity index (χ0v) is 14.7. The Hall–Kier alpha value is -2.75. The van der Waals surface area contributed by atoms with Crippen LogP contribution in [-0.4, -0.2) is 9.91 Å². The minimum atomic E-state index is -0.342. The highest BCUT2D eigenvalue weighted by Gasteiger charge is 2.16. The number of aromatic nitrogens is 1. The Morgan fingerprint density at radius 3 is 2.69 bits per heavy atom. The van der Waals surface area contributed by atoms with Gasteiger partial charge >= 0.3 is 0 Å². The van der Waals surface area contributed by atoms with E-state index < -0.39 is 0 Å². The predicted octanol–water partition coefficient (Wildman–Crippen LogP) is 5.93. The normalized spacial score (nSPS) is 15.2. The maximum absolute atomic E-state index is 11.2. The van der Waals surface area contributed by atoms with E-state index in [1.54, 1.807) is 18.3 Å². The van der Waals surface area contributed by atoms with E-state index in [0.29, 0.717) is 0 Å². The van der Waals surface area contributed by atoms with Gasteiger partial charge < -0.3 is 0 Å². The molecule has 1 saturated carbocycles. The van der Waals surface area contributed by atoms with Crippen molar-refractivity contribution in [3.05, 3.63) is 70.4 Å². The first-order valence-electron chi connectivity index (χ1n) is 9.33. The van der Waals surface area contributed by atoms with Crippen LogP contribution < -0.4 is 0 Å². The maximum Gasteiger partial charge on any atom is 0.270 e. The van der Waals surface area contributed by atoms with Crippen LogP contribution in [0.3, 0.4) is 0 Å². The van der Waals surface area contributed by atoms with Crippen molar-refractivity contribution in [3.8, 4) is 11.1 Å². The Morgan fingerprint density at radius 1 is 1.04 bits per heavy atom. The summed E-state index contributed by atoms with van der Waals surface area (Å²) in [6, 6.07) is 15.3.